The number of carbonyl (C=O) groups is 2. The molecule has 3 fully saturated rings. The van der Waals surface area contributed by atoms with E-state index in [-0.39, 0.29) is 36.8 Å². The van der Waals surface area contributed by atoms with Crippen LogP contribution in [0.5, 0.6) is 0 Å². The number of hydrogen-bond acceptors (Lipinski definition) is 6. The summed E-state index contributed by atoms with van der Waals surface area (Å²) in [6, 6.07) is 5.03. The molecule has 1 aromatic rings. The van der Waals surface area contributed by atoms with Crippen molar-refractivity contribution in [2.75, 3.05) is 6.61 Å². The molecule has 9 heteroatoms. The molecule has 4 aliphatic carbocycles. The second-order valence-corrected chi connectivity index (χ2v) is 11.3. The molecule has 0 bridgehead atoms. The molecule has 5 rings (SSSR count). The van der Waals surface area contributed by atoms with E-state index >= 15 is 8.78 Å². The number of benzene rings is 1. The lowest BCUT2D eigenvalue weighted by atomic mass is 9.44. The molecule has 1 aromatic carbocycles. The Kier molecular flexibility index (Phi) is 6.10. The number of fused-ring (bicyclic) bond motifs is 5. The summed E-state index contributed by atoms with van der Waals surface area (Å²) in [7, 11) is 0. The van der Waals surface area contributed by atoms with Crippen LogP contribution in [0.4, 0.5) is 13.2 Å². The molecule has 200 valence electrons. The number of Topliss-reactive ketones (excluding diaryl/α,β-unsaturated/α-hetero) is 1. The number of carbonyl (C=O) groups excluding carboxylic acids is 2. The maximum Gasteiger partial charge on any atom is 0.190 e. The second kappa shape index (κ2) is 8.59. The zero-order chi connectivity index (χ0) is 27.0. The van der Waals surface area contributed by atoms with Gasteiger partial charge in [0.2, 0.25) is 0 Å². The summed E-state index contributed by atoms with van der Waals surface area (Å²) < 4.78 is 52.6. The van der Waals surface area contributed by atoms with Crippen LogP contribution in [0.15, 0.2) is 48.1 Å². The zero-order valence-electron chi connectivity index (χ0n) is 20.7. The maximum absolute atomic E-state index is 17.3. The number of halogens is 3. The molecule has 0 heterocycles. The van der Waals surface area contributed by atoms with Gasteiger partial charge in [0.1, 0.15) is 24.2 Å². The molecule has 0 amide bonds. The monoisotopic (exact) mass is 520 g/mol. The van der Waals surface area contributed by atoms with Crippen LogP contribution in [0.3, 0.4) is 0 Å². The summed E-state index contributed by atoms with van der Waals surface area (Å²) in [4.78, 5) is 25.3. The van der Waals surface area contributed by atoms with Crippen LogP contribution in [0, 0.1) is 28.5 Å². The number of aliphatic hydroxyl groups excluding tert-OH is 3. The van der Waals surface area contributed by atoms with Crippen molar-refractivity contribution in [3.05, 3.63) is 59.4 Å². The molecule has 6 nitrogen and oxygen atoms in total. The Morgan fingerprint density at radius 3 is 2.68 bits per heavy atom. The van der Waals surface area contributed by atoms with Crippen molar-refractivity contribution in [2.24, 2.45) is 22.7 Å². The van der Waals surface area contributed by atoms with Crippen molar-refractivity contribution >= 4 is 11.6 Å². The minimum absolute atomic E-state index is 0.00475. The molecule has 0 aliphatic heterocycles. The quantitative estimate of drug-likeness (QED) is 0.514. The van der Waals surface area contributed by atoms with Crippen LogP contribution in [-0.2, 0) is 14.3 Å². The average molecular weight is 521 g/mol. The SMILES string of the molecule is CC12CC(O)[C@@]3(F)C(C[C@H](F)C4=CC(=O)C=CC43C)C1CCC2(OC(O)c1cccc(F)c1)C(=O)CO. The van der Waals surface area contributed by atoms with E-state index in [9.17, 15) is 29.3 Å². The average Bonchev–Trinajstić information content (AvgIpc) is 3.14. The van der Waals surface area contributed by atoms with Gasteiger partial charge in [-0.15, -0.1) is 0 Å². The predicted octanol–water partition coefficient (Wildman–Crippen LogP) is 3.45. The summed E-state index contributed by atoms with van der Waals surface area (Å²) in [6.45, 7) is 2.19. The van der Waals surface area contributed by atoms with E-state index < -0.39 is 76.5 Å². The molecular weight excluding hydrogens is 489 g/mol. The van der Waals surface area contributed by atoms with Crippen molar-refractivity contribution in [2.45, 2.75) is 69.4 Å². The van der Waals surface area contributed by atoms with Gasteiger partial charge in [-0.25, -0.2) is 13.2 Å². The topological polar surface area (TPSA) is 104 Å². The normalized spacial score (nSPS) is 43.5. The van der Waals surface area contributed by atoms with Gasteiger partial charge in [-0.2, -0.15) is 0 Å². The van der Waals surface area contributed by atoms with Gasteiger partial charge in [0, 0.05) is 22.3 Å². The lowest BCUT2D eigenvalue weighted by Crippen LogP contribution is -2.70. The van der Waals surface area contributed by atoms with Crippen LogP contribution >= 0.6 is 0 Å². The van der Waals surface area contributed by atoms with Crippen LogP contribution < -0.4 is 0 Å². The Morgan fingerprint density at radius 2 is 2.00 bits per heavy atom. The smallest absolute Gasteiger partial charge is 0.190 e. The largest absolute Gasteiger partial charge is 0.390 e. The van der Waals surface area contributed by atoms with Gasteiger partial charge in [0.15, 0.2) is 23.5 Å². The highest BCUT2D eigenvalue weighted by atomic mass is 19.1. The Bertz CT molecular complexity index is 1200. The maximum atomic E-state index is 17.3. The first-order valence-corrected chi connectivity index (χ1v) is 12.6. The van der Waals surface area contributed by atoms with Crippen molar-refractivity contribution < 1.29 is 42.8 Å². The van der Waals surface area contributed by atoms with E-state index in [1.165, 1.54) is 37.3 Å². The third-order valence-electron chi connectivity index (χ3n) is 9.79. The summed E-state index contributed by atoms with van der Waals surface area (Å²) in [6.07, 6.45) is -1.78. The summed E-state index contributed by atoms with van der Waals surface area (Å²) in [5.41, 5.74) is -6.97. The Morgan fingerprint density at radius 1 is 1.27 bits per heavy atom. The number of alkyl halides is 2. The molecular formula is C28H31F3O6. The number of hydrogen-bond donors (Lipinski definition) is 3. The van der Waals surface area contributed by atoms with Crippen molar-refractivity contribution in [1.82, 2.24) is 0 Å². The van der Waals surface area contributed by atoms with Crippen molar-refractivity contribution in [1.29, 1.82) is 0 Å². The number of aliphatic hydroxyl groups is 3. The summed E-state index contributed by atoms with van der Waals surface area (Å²) in [5.74, 6) is -3.52. The molecule has 0 saturated heterocycles. The van der Waals surface area contributed by atoms with E-state index in [2.05, 4.69) is 0 Å². The number of allylic oxidation sites excluding steroid dienone is 4. The van der Waals surface area contributed by atoms with Gasteiger partial charge < -0.3 is 20.1 Å². The number of ketones is 2. The first-order chi connectivity index (χ1) is 17.3. The zero-order valence-corrected chi connectivity index (χ0v) is 20.7. The van der Waals surface area contributed by atoms with Gasteiger partial charge in [-0.3, -0.25) is 9.59 Å². The third kappa shape index (κ3) is 3.40. The molecule has 0 radical (unpaired) electrons. The highest BCUT2D eigenvalue weighted by Gasteiger charge is 2.76. The fourth-order valence-electron chi connectivity index (χ4n) is 7.96. The highest BCUT2D eigenvalue weighted by Crippen LogP contribution is 2.70. The minimum Gasteiger partial charge on any atom is -0.390 e. The lowest BCUT2D eigenvalue weighted by molar-refractivity contribution is -0.260. The fourth-order valence-corrected chi connectivity index (χ4v) is 7.96. The first-order valence-electron chi connectivity index (χ1n) is 12.6. The molecule has 3 N–H and O–H groups in total. The molecule has 4 aliphatic rings. The second-order valence-electron chi connectivity index (χ2n) is 11.3. The van der Waals surface area contributed by atoms with Crippen molar-refractivity contribution in [3.63, 3.8) is 0 Å². The molecule has 37 heavy (non-hydrogen) atoms. The molecule has 7 unspecified atom stereocenters. The van der Waals surface area contributed by atoms with E-state index in [1.807, 2.05) is 0 Å². The van der Waals surface area contributed by atoms with Crippen LogP contribution in [0.2, 0.25) is 0 Å². The van der Waals surface area contributed by atoms with Gasteiger partial charge in [0.05, 0.1) is 6.10 Å². The molecule has 0 aromatic heterocycles. The van der Waals surface area contributed by atoms with Crippen LogP contribution in [0.25, 0.3) is 0 Å². The van der Waals surface area contributed by atoms with E-state index in [0.717, 1.165) is 12.1 Å². The highest BCUT2D eigenvalue weighted by molar-refractivity contribution is 6.01. The van der Waals surface area contributed by atoms with Crippen LogP contribution in [0.1, 0.15) is 51.4 Å². The van der Waals surface area contributed by atoms with Gasteiger partial charge in [-0.05, 0) is 68.4 Å². The van der Waals surface area contributed by atoms with Gasteiger partial charge in [0.25, 0.3) is 0 Å². The van der Waals surface area contributed by atoms with Gasteiger partial charge in [-0.1, -0.05) is 25.1 Å². The minimum atomic E-state index is -2.33. The third-order valence-corrected chi connectivity index (χ3v) is 9.79. The molecule has 3 saturated carbocycles. The van der Waals surface area contributed by atoms with Gasteiger partial charge >= 0.3 is 0 Å². The molecule has 9 atom stereocenters. The standard InChI is InChI=1S/C28H31F3O6/c1-25-8-6-17(33)11-20(25)21(30)12-19-18-7-9-27(23(35)14-32,26(18,2)13-22(34)28(19,25)31)37-24(36)15-4-3-5-16(29)10-15/h3-6,8,10-11,18-19,21-22,24,32,34,36H,7,9,12-14H2,1-2H3/t18?,19?,21-,22?,24?,25?,26?,27?,28-/m0/s1. The first kappa shape index (κ1) is 26.3. The number of rotatable bonds is 5. The van der Waals surface area contributed by atoms with Crippen LogP contribution in [-0.4, -0.2) is 57.0 Å². The summed E-state index contributed by atoms with van der Waals surface area (Å²) in [5, 5.41) is 32.2. The lowest BCUT2D eigenvalue weighted by Gasteiger charge is -2.63. The van der Waals surface area contributed by atoms with Crippen molar-refractivity contribution in [3.8, 4) is 0 Å². The predicted molar refractivity (Wildman–Crippen MR) is 126 cm³/mol. The Labute approximate surface area is 212 Å². The Hall–Kier alpha value is -2.33. The fraction of sp³-hybridized carbons (Fsp3) is 0.571. The number of ether oxygens (including phenoxy) is 1. The van der Waals surface area contributed by atoms with E-state index in [1.54, 1.807) is 6.92 Å². The van der Waals surface area contributed by atoms with E-state index in [4.69, 9.17) is 4.74 Å². The Balaban J connectivity index is 1.58. The van der Waals surface area contributed by atoms with E-state index in [0.29, 0.717) is 0 Å². The summed E-state index contributed by atoms with van der Waals surface area (Å²) >= 11 is 0. The molecule has 0 spiro atoms.